The Kier molecular flexibility index (Phi) is 5.57. The fraction of sp³-hybridized carbons (Fsp3) is 0.650. The Morgan fingerprint density at radius 2 is 2.04 bits per heavy atom. The molecule has 1 aromatic rings. The summed E-state index contributed by atoms with van der Waals surface area (Å²) >= 11 is 0. The van der Waals surface area contributed by atoms with Gasteiger partial charge in [-0.2, -0.15) is 0 Å². The minimum Gasteiger partial charge on any atom is -0.379 e. The van der Waals surface area contributed by atoms with Gasteiger partial charge in [0, 0.05) is 31.5 Å². The molecular weight excluding hydrogens is 300 g/mol. The van der Waals surface area contributed by atoms with Gasteiger partial charge in [0.25, 0.3) is 0 Å². The number of hydrogen-bond donors (Lipinski definition) is 0. The molecule has 3 rings (SSSR count). The van der Waals surface area contributed by atoms with Crippen molar-refractivity contribution in [3.63, 3.8) is 0 Å². The fourth-order valence-electron chi connectivity index (χ4n) is 4.05. The van der Waals surface area contributed by atoms with Crippen LogP contribution in [0.25, 0.3) is 0 Å². The number of rotatable bonds is 5. The molecule has 0 N–H and O–H groups in total. The van der Waals surface area contributed by atoms with E-state index >= 15 is 0 Å². The average molecular weight is 330 g/mol. The van der Waals surface area contributed by atoms with Gasteiger partial charge < -0.3 is 14.5 Å². The maximum absolute atomic E-state index is 12.7. The van der Waals surface area contributed by atoms with Crippen LogP contribution in [0.5, 0.6) is 0 Å². The normalized spacial score (nSPS) is 26.8. The third-order valence-corrected chi connectivity index (χ3v) is 5.45. The van der Waals surface area contributed by atoms with E-state index in [2.05, 4.69) is 35.8 Å². The number of amides is 1. The van der Waals surface area contributed by atoms with Gasteiger partial charge in [0.2, 0.25) is 5.91 Å². The number of unbranched alkanes of at least 4 members (excludes halogenated alkanes) is 1. The molecule has 132 valence electrons. The van der Waals surface area contributed by atoms with Crippen LogP contribution in [0.3, 0.4) is 0 Å². The minimum absolute atomic E-state index is 0.0373. The van der Waals surface area contributed by atoms with Crippen molar-refractivity contribution >= 4 is 5.91 Å². The maximum Gasteiger partial charge on any atom is 0.223 e. The first-order chi connectivity index (χ1) is 11.6. The van der Waals surface area contributed by atoms with Crippen LogP contribution in [0.15, 0.2) is 30.3 Å². The van der Waals surface area contributed by atoms with Gasteiger partial charge in [-0.3, -0.25) is 4.79 Å². The van der Waals surface area contributed by atoms with Crippen molar-refractivity contribution in [1.29, 1.82) is 0 Å². The molecule has 2 heterocycles. The van der Waals surface area contributed by atoms with Crippen LogP contribution >= 0.6 is 0 Å². The molecule has 2 fully saturated rings. The average Bonchev–Trinajstić information content (AvgIpc) is 2.79. The molecule has 0 aliphatic carbocycles. The van der Waals surface area contributed by atoms with E-state index in [0.717, 1.165) is 32.8 Å². The zero-order valence-corrected chi connectivity index (χ0v) is 15.0. The van der Waals surface area contributed by atoms with E-state index in [-0.39, 0.29) is 17.4 Å². The van der Waals surface area contributed by atoms with Crippen molar-refractivity contribution in [3.8, 4) is 0 Å². The summed E-state index contributed by atoms with van der Waals surface area (Å²) in [5.74, 6) is 0.271. The lowest BCUT2D eigenvalue weighted by molar-refractivity contribution is -0.129. The number of nitrogens with zero attached hydrogens (tertiary/aromatic N) is 2. The Bertz CT molecular complexity index is 548. The van der Waals surface area contributed by atoms with Gasteiger partial charge in [0.1, 0.15) is 0 Å². The molecule has 24 heavy (non-hydrogen) atoms. The van der Waals surface area contributed by atoms with E-state index in [1.807, 2.05) is 18.2 Å². The lowest BCUT2D eigenvalue weighted by Gasteiger charge is -2.32. The second kappa shape index (κ2) is 7.66. The van der Waals surface area contributed by atoms with Gasteiger partial charge in [-0.1, -0.05) is 43.7 Å². The largest absolute Gasteiger partial charge is 0.379 e. The Hall–Kier alpha value is -1.39. The van der Waals surface area contributed by atoms with Crippen LogP contribution in [0.4, 0.5) is 0 Å². The predicted molar refractivity (Wildman–Crippen MR) is 95.8 cm³/mol. The van der Waals surface area contributed by atoms with Crippen LogP contribution < -0.4 is 0 Å². The third-order valence-electron chi connectivity index (χ3n) is 5.45. The summed E-state index contributed by atoms with van der Waals surface area (Å²) in [6, 6.07) is 10.5. The molecule has 0 aromatic heterocycles. The predicted octanol–water partition coefficient (Wildman–Crippen LogP) is 3.10. The van der Waals surface area contributed by atoms with Gasteiger partial charge in [-0.05, 0) is 25.5 Å². The molecule has 2 atom stereocenters. The summed E-state index contributed by atoms with van der Waals surface area (Å²) in [5, 5.41) is 0. The van der Waals surface area contributed by atoms with Gasteiger partial charge in [-0.25, -0.2) is 0 Å². The van der Waals surface area contributed by atoms with Crippen molar-refractivity contribution in [3.05, 3.63) is 35.9 Å². The number of benzene rings is 1. The van der Waals surface area contributed by atoms with Gasteiger partial charge in [0.05, 0.1) is 19.3 Å². The summed E-state index contributed by atoms with van der Waals surface area (Å²) in [6.07, 6.45) is 3.04. The fourth-order valence-corrected chi connectivity index (χ4v) is 4.05. The first-order valence-electron chi connectivity index (χ1n) is 9.28. The van der Waals surface area contributed by atoms with Gasteiger partial charge in [-0.15, -0.1) is 0 Å². The monoisotopic (exact) mass is 330 g/mol. The van der Waals surface area contributed by atoms with E-state index in [1.54, 1.807) is 0 Å². The molecule has 2 aliphatic heterocycles. The SMILES string of the molecule is CCCCN1CCOC[C@]2(CC(=O)N([C@H](C)c3ccccc3)C2)C1. The summed E-state index contributed by atoms with van der Waals surface area (Å²) in [5.41, 5.74) is 1.17. The summed E-state index contributed by atoms with van der Waals surface area (Å²) < 4.78 is 5.90. The van der Waals surface area contributed by atoms with Crippen molar-refractivity contribution in [2.75, 3.05) is 39.4 Å². The van der Waals surface area contributed by atoms with Crippen LogP contribution in [0.1, 0.15) is 44.7 Å². The van der Waals surface area contributed by atoms with Crippen molar-refractivity contribution in [1.82, 2.24) is 9.80 Å². The molecule has 4 heteroatoms. The van der Waals surface area contributed by atoms with Gasteiger partial charge in [0.15, 0.2) is 0 Å². The molecule has 0 bridgehead atoms. The summed E-state index contributed by atoms with van der Waals surface area (Å²) in [6.45, 7) is 9.76. The highest BCUT2D eigenvalue weighted by molar-refractivity contribution is 5.80. The van der Waals surface area contributed by atoms with E-state index < -0.39 is 0 Å². The van der Waals surface area contributed by atoms with Crippen molar-refractivity contribution in [2.45, 2.75) is 39.2 Å². The maximum atomic E-state index is 12.7. The highest BCUT2D eigenvalue weighted by atomic mass is 16.5. The summed E-state index contributed by atoms with van der Waals surface area (Å²) in [4.78, 5) is 17.3. The van der Waals surface area contributed by atoms with Crippen LogP contribution in [-0.4, -0.2) is 55.1 Å². The Morgan fingerprint density at radius 3 is 2.79 bits per heavy atom. The van der Waals surface area contributed by atoms with E-state index in [9.17, 15) is 4.79 Å². The Morgan fingerprint density at radius 1 is 1.25 bits per heavy atom. The lowest BCUT2D eigenvalue weighted by Crippen LogP contribution is -2.41. The number of carbonyl (C=O) groups excluding carboxylic acids is 1. The van der Waals surface area contributed by atoms with Crippen molar-refractivity contribution in [2.24, 2.45) is 5.41 Å². The Balaban J connectivity index is 1.72. The quantitative estimate of drug-likeness (QED) is 0.832. The smallest absolute Gasteiger partial charge is 0.223 e. The second-order valence-electron chi connectivity index (χ2n) is 7.47. The zero-order valence-electron chi connectivity index (χ0n) is 15.0. The number of carbonyl (C=O) groups is 1. The first kappa shape index (κ1) is 17.4. The third kappa shape index (κ3) is 3.81. The van der Waals surface area contributed by atoms with E-state index in [1.165, 1.54) is 18.4 Å². The zero-order chi connectivity index (χ0) is 17.0. The Labute approximate surface area is 145 Å². The standard InChI is InChI=1S/C20H30N2O2/c1-3-4-10-21-11-12-24-16-20(14-21)13-19(23)22(15-20)17(2)18-8-6-5-7-9-18/h5-9,17H,3-4,10-16H2,1-2H3/t17-,20-/m1/s1. The minimum atomic E-state index is -0.0373. The second-order valence-corrected chi connectivity index (χ2v) is 7.47. The molecule has 1 amide bonds. The molecular formula is C20H30N2O2. The molecule has 0 radical (unpaired) electrons. The summed E-state index contributed by atoms with van der Waals surface area (Å²) in [7, 11) is 0. The molecule has 4 nitrogen and oxygen atoms in total. The molecule has 0 saturated carbocycles. The van der Waals surface area contributed by atoms with Crippen LogP contribution in [0, 0.1) is 5.41 Å². The van der Waals surface area contributed by atoms with Gasteiger partial charge >= 0.3 is 0 Å². The first-order valence-corrected chi connectivity index (χ1v) is 9.28. The topological polar surface area (TPSA) is 32.8 Å². The number of hydrogen-bond acceptors (Lipinski definition) is 3. The van der Waals surface area contributed by atoms with Crippen molar-refractivity contribution < 1.29 is 9.53 Å². The molecule has 2 saturated heterocycles. The highest BCUT2D eigenvalue weighted by Crippen LogP contribution is 2.38. The van der Waals surface area contributed by atoms with E-state index in [4.69, 9.17) is 4.74 Å². The molecule has 2 aliphatic rings. The molecule has 0 unspecified atom stereocenters. The van der Waals surface area contributed by atoms with Crippen LogP contribution in [0.2, 0.25) is 0 Å². The molecule has 1 spiro atoms. The highest BCUT2D eigenvalue weighted by Gasteiger charge is 2.46. The lowest BCUT2D eigenvalue weighted by atomic mass is 9.87. The number of ether oxygens (including phenoxy) is 1. The molecule has 1 aromatic carbocycles. The van der Waals surface area contributed by atoms with E-state index in [0.29, 0.717) is 13.0 Å². The number of likely N-dealkylation sites (tertiary alicyclic amines) is 1. The van der Waals surface area contributed by atoms with Crippen LogP contribution in [-0.2, 0) is 9.53 Å².